The van der Waals surface area contributed by atoms with Crippen LogP contribution in [0.1, 0.15) is 51.6 Å². The Hall–Kier alpha value is -4.17. The number of nitrogens with one attached hydrogen (secondary N) is 1. The zero-order valence-electron chi connectivity index (χ0n) is 21.7. The van der Waals surface area contributed by atoms with Gasteiger partial charge in [0.25, 0.3) is 17.7 Å². The van der Waals surface area contributed by atoms with E-state index in [1.165, 1.54) is 4.90 Å². The summed E-state index contributed by atoms with van der Waals surface area (Å²) in [4.78, 5) is 39.5. The number of rotatable bonds is 8. The first kappa shape index (κ1) is 25.5. The summed E-state index contributed by atoms with van der Waals surface area (Å²) in [5.41, 5.74) is 3.43. The fraction of sp³-hybridized carbons (Fsp3) is 0.300. The average Bonchev–Trinajstić information content (AvgIpc) is 3.47. The number of hydrogen-bond donors (Lipinski definition) is 1. The molecule has 1 saturated heterocycles. The molecule has 3 amide bonds. The first-order valence-electron chi connectivity index (χ1n) is 12.7. The number of carbonyl (C=O) groups excluding carboxylic acids is 3. The van der Waals surface area contributed by atoms with Gasteiger partial charge >= 0.3 is 0 Å². The third kappa shape index (κ3) is 5.55. The van der Waals surface area contributed by atoms with Crippen molar-refractivity contribution in [2.24, 2.45) is 0 Å². The number of amides is 3. The zero-order valence-corrected chi connectivity index (χ0v) is 21.7. The van der Waals surface area contributed by atoms with Gasteiger partial charge in [-0.2, -0.15) is 0 Å². The molecular formula is C30H30N2O6. The molecule has 8 heteroatoms. The predicted octanol–water partition coefficient (Wildman–Crippen LogP) is 5.28. The molecule has 0 saturated carbocycles. The number of carbonyl (C=O) groups is 3. The molecule has 0 spiro atoms. The molecule has 0 radical (unpaired) electrons. The molecule has 0 aliphatic carbocycles. The van der Waals surface area contributed by atoms with Crippen LogP contribution in [0.3, 0.4) is 0 Å². The monoisotopic (exact) mass is 514 g/mol. The number of imide groups is 1. The number of nitrogens with zero attached hydrogens (tertiary/aromatic N) is 1. The van der Waals surface area contributed by atoms with E-state index in [9.17, 15) is 14.4 Å². The number of benzene rings is 3. The van der Waals surface area contributed by atoms with Crippen LogP contribution in [0.5, 0.6) is 17.2 Å². The fourth-order valence-corrected chi connectivity index (χ4v) is 4.74. The van der Waals surface area contributed by atoms with Gasteiger partial charge < -0.3 is 19.5 Å². The van der Waals surface area contributed by atoms with Gasteiger partial charge in [0.05, 0.1) is 23.8 Å². The van der Waals surface area contributed by atoms with Gasteiger partial charge in [-0.1, -0.05) is 6.07 Å². The van der Waals surface area contributed by atoms with E-state index in [0.29, 0.717) is 40.7 Å². The van der Waals surface area contributed by atoms with E-state index >= 15 is 0 Å². The van der Waals surface area contributed by atoms with Gasteiger partial charge in [0.1, 0.15) is 17.2 Å². The van der Waals surface area contributed by atoms with Crippen molar-refractivity contribution < 1.29 is 28.6 Å². The maximum atomic E-state index is 12.9. The Morgan fingerprint density at radius 1 is 0.947 bits per heavy atom. The molecular weight excluding hydrogens is 484 g/mol. The van der Waals surface area contributed by atoms with Gasteiger partial charge in [-0.15, -0.1) is 0 Å². The second-order valence-electron chi connectivity index (χ2n) is 9.76. The standard InChI is InChI=1S/C30H30N2O6/c1-18-13-19(2)15-25(14-18)37-20(3)28(33)31-21-6-8-22(9-7-21)38-23-10-11-26-27(16-23)30(35)32(29(26)34)17-24-5-4-12-36-24/h6-11,13-16,20,24H,4-5,12,17H2,1-3H3,(H,31,33). The second kappa shape index (κ2) is 10.7. The lowest BCUT2D eigenvalue weighted by Gasteiger charge is -2.17. The topological polar surface area (TPSA) is 94.2 Å². The van der Waals surface area contributed by atoms with Crippen LogP contribution in [0.2, 0.25) is 0 Å². The molecule has 2 atom stereocenters. The van der Waals surface area contributed by atoms with Crippen molar-refractivity contribution >= 4 is 23.4 Å². The van der Waals surface area contributed by atoms with Gasteiger partial charge in [-0.3, -0.25) is 19.3 Å². The highest BCUT2D eigenvalue weighted by Crippen LogP contribution is 2.31. The Morgan fingerprint density at radius 2 is 1.63 bits per heavy atom. The number of fused-ring (bicyclic) bond motifs is 1. The maximum absolute atomic E-state index is 12.9. The first-order chi connectivity index (χ1) is 18.3. The third-order valence-electron chi connectivity index (χ3n) is 6.59. The summed E-state index contributed by atoms with van der Waals surface area (Å²) >= 11 is 0. The smallest absolute Gasteiger partial charge is 0.265 e. The number of aryl methyl sites for hydroxylation is 2. The van der Waals surface area contributed by atoms with Gasteiger partial charge in [-0.25, -0.2) is 0 Å². The minimum Gasteiger partial charge on any atom is -0.481 e. The van der Waals surface area contributed by atoms with Gasteiger partial charge in [-0.05, 0) is 99.3 Å². The quantitative estimate of drug-likeness (QED) is 0.411. The molecule has 3 aromatic carbocycles. The van der Waals surface area contributed by atoms with Crippen molar-refractivity contribution in [1.82, 2.24) is 4.90 Å². The van der Waals surface area contributed by atoms with Gasteiger partial charge in [0.2, 0.25) is 0 Å². The van der Waals surface area contributed by atoms with Crippen LogP contribution in [-0.2, 0) is 9.53 Å². The van der Waals surface area contributed by atoms with Crippen LogP contribution in [0.4, 0.5) is 5.69 Å². The highest BCUT2D eigenvalue weighted by atomic mass is 16.5. The second-order valence-corrected chi connectivity index (χ2v) is 9.76. The number of hydrogen-bond acceptors (Lipinski definition) is 6. The minimum absolute atomic E-state index is 0.103. The molecule has 38 heavy (non-hydrogen) atoms. The lowest BCUT2D eigenvalue weighted by atomic mass is 10.1. The summed E-state index contributed by atoms with van der Waals surface area (Å²) in [7, 11) is 0. The molecule has 1 fully saturated rings. The van der Waals surface area contributed by atoms with Crippen LogP contribution < -0.4 is 14.8 Å². The number of anilines is 1. The van der Waals surface area contributed by atoms with E-state index in [0.717, 1.165) is 24.0 Å². The van der Waals surface area contributed by atoms with Crippen LogP contribution in [0.15, 0.2) is 60.7 Å². The van der Waals surface area contributed by atoms with E-state index in [2.05, 4.69) is 5.32 Å². The molecule has 2 aliphatic heterocycles. The van der Waals surface area contributed by atoms with Crippen molar-refractivity contribution in [3.63, 3.8) is 0 Å². The Labute approximate surface area is 221 Å². The van der Waals surface area contributed by atoms with E-state index in [-0.39, 0.29) is 30.4 Å². The van der Waals surface area contributed by atoms with Crippen molar-refractivity contribution in [3.05, 3.63) is 82.9 Å². The van der Waals surface area contributed by atoms with Crippen LogP contribution >= 0.6 is 0 Å². The Morgan fingerprint density at radius 3 is 2.32 bits per heavy atom. The lowest BCUT2D eigenvalue weighted by Crippen LogP contribution is -2.36. The number of ether oxygens (including phenoxy) is 3. The third-order valence-corrected chi connectivity index (χ3v) is 6.59. The molecule has 3 aromatic rings. The van der Waals surface area contributed by atoms with E-state index < -0.39 is 6.10 Å². The molecule has 196 valence electrons. The van der Waals surface area contributed by atoms with Gasteiger partial charge in [0.15, 0.2) is 6.10 Å². The summed E-state index contributed by atoms with van der Waals surface area (Å²) < 4.78 is 17.3. The van der Waals surface area contributed by atoms with E-state index in [4.69, 9.17) is 14.2 Å². The molecule has 0 bridgehead atoms. The molecule has 2 heterocycles. The van der Waals surface area contributed by atoms with Crippen molar-refractivity contribution in [3.8, 4) is 17.2 Å². The summed E-state index contributed by atoms with van der Waals surface area (Å²) in [5.74, 6) is 0.709. The van der Waals surface area contributed by atoms with Gasteiger partial charge in [0, 0.05) is 12.3 Å². The zero-order chi connectivity index (χ0) is 26.8. The van der Waals surface area contributed by atoms with Crippen LogP contribution in [0, 0.1) is 13.8 Å². The van der Waals surface area contributed by atoms with Crippen molar-refractivity contribution in [1.29, 1.82) is 0 Å². The predicted molar refractivity (Wildman–Crippen MR) is 142 cm³/mol. The largest absolute Gasteiger partial charge is 0.481 e. The van der Waals surface area contributed by atoms with E-state index in [1.807, 2.05) is 32.0 Å². The Kier molecular flexibility index (Phi) is 7.15. The van der Waals surface area contributed by atoms with Crippen LogP contribution in [0.25, 0.3) is 0 Å². The van der Waals surface area contributed by atoms with Crippen molar-refractivity contribution in [2.45, 2.75) is 45.8 Å². The SMILES string of the molecule is Cc1cc(C)cc(OC(C)C(=O)Nc2ccc(Oc3ccc4c(c3)C(=O)N(CC3CCCO3)C4=O)cc2)c1. The highest BCUT2D eigenvalue weighted by molar-refractivity contribution is 6.21. The normalized spacial score (nSPS) is 17.3. The molecule has 2 unspecified atom stereocenters. The molecule has 2 aliphatic rings. The Bertz CT molecular complexity index is 1360. The summed E-state index contributed by atoms with van der Waals surface area (Å²) in [6.07, 6.45) is 0.997. The highest BCUT2D eigenvalue weighted by Gasteiger charge is 2.37. The Balaban J connectivity index is 1.19. The summed E-state index contributed by atoms with van der Waals surface area (Å²) in [6, 6.07) is 17.6. The van der Waals surface area contributed by atoms with Crippen molar-refractivity contribution in [2.75, 3.05) is 18.5 Å². The first-order valence-corrected chi connectivity index (χ1v) is 12.7. The van der Waals surface area contributed by atoms with E-state index in [1.54, 1.807) is 49.4 Å². The average molecular weight is 515 g/mol. The molecule has 0 aromatic heterocycles. The maximum Gasteiger partial charge on any atom is 0.265 e. The molecule has 1 N–H and O–H groups in total. The molecule has 5 rings (SSSR count). The van der Waals surface area contributed by atoms with Crippen LogP contribution in [-0.4, -0.2) is 48.0 Å². The minimum atomic E-state index is -0.682. The lowest BCUT2D eigenvalue weighted by molar-refractivity contribution is -0.122. The molecule has 8 nitrogen and oxygen atoms in total. The summed E-state index contributed by atoms with van der Waals surface area (Å²) in [6.45, 7) is 6.59. The summed E-state index contributed by atoms with van der Waals surface area (Å²) in [5, 5.41) is 2.84. The fourth-order valence-electron chi connectivity index (χ4n) is 4.74.